The van der Waals surface area contributed by atoms with Crippen molar-refractivity contribution in [2.45, 2.75) is 19.4 Å². The van der Waals surface area contributed by atoms with Crippen molar-refractivity contribution in [2.75, 3.05) is 6.54 Å². The minimum atomic E-state index is -1.48. The van der Waals surface area contributed by atoms with Crippen molar-refractivity contribution in [3.05, 3.63) is 11.6 Å². The fourth-order valence-corrected chi connectivity index (χ4v) is 2.78. The van der Waals surface area contributed by atoms with E-state index >= 15 is 0 Å². The number of likely N-dealkylation sites (tertiary alicyclic amines) is 1. The Morgan fingerprint density at radius 2 is 2.12 bits per heavy atom. The van der Waals surface area contributed by atoms with E-state index in [9.17, 15) is 24.6 Å². The number of aliphatic carboxylic acids is 2. The molecule has 1 aliphatic heterocycles. The van der Waals surface area contributed by atoms with E-state index in [1.54, 1.807) is 6.92 Å². The van der Waals surface area contributed by atoms with E-state index in [0.717, 1.165) is 0 Å². The van der Waals surface area contributed by atoms with Gasteiger partial charge in [0.25, 0.3) is 0 Å². The predicted octanol–water partition coefficient (Wildman–Crippen LogP) is -2.72. The fourth-order valence-electron chi connectivity index (χ4n) is 2.78. The average molecular weight is 237 g/mol. The minimum absolute atomic E-state index is 0.220. The number of carbonyl (C=O) groups is 3. The number of rotatable bonds is 3. The van der Waals surface area contributed by atoms with Crippen molar-refractivity contribution < 1.29 is 24.6 Å². The highest BCUT2D eigenvalue weighted by Gasteiger charge is 2.51. The van der Waals surface area contributed by atoms with Gasteiger partial charge in [-0.15, -0.1) is 0 Å². The van der Waals surface area contributed by atoms with Gasteiger partial charge in [0.15, 0.2) is 0 Å². The van der Waals surface area contributed by atoms with Crippen LogP contribution in [-0.2, 0) is 14.4 Å². The molecular formula is C11H11NO5-2. The summed E-state index contributed by atoms with van der Waals surface area (Å²) >= 11 is 0. The highest BCUT2D eigenvalue weighted by molar-refractivity contribution is 6.00. The Morgan fingerprint density at radius 1 is 1.47 bits per heavy atom. The third-order valence-corrected chi connectivity index (χ3v) is 3.49. The number of hydrogen-bond donors (Lipinski definition) is 0. The summed E-state index contributed by atoms with van der Waals surface area (Å²) in [5.74, 6) is -5.55. The summed E-state index contributed by atoms with van der Waals surface area (Å²) in [7, 11) is 0. The smallest absolute Gasteiger partial charge is 0.231 e. The first kappa shape index (κ1) is 11.6. The van der Waals surface area contributed by atoms with Crippen LogP contribution in [0.4, 0.5) is 0 Å². The van der Waals surface area contributed by atoms with E-state index in [-0.39, 0.29) is 12.0 Å². The predicted molar refractivity (Wildman–Crippen MR) is 50.9 cm³/mol. The van der Waals surface area contributed by atoms with Crippen LogP contribution in [0.5, 0.6) is 0 Å². The van der Waals surface area contributed by atoms with Gasteiger partial charge in [0, 0.05) is 24.5 Å². The molecule has 0 radical (unpaired) electrons. The van der Waals surface area contributed by atoms with Crippen molar-refractivity contribution in [1.29, 1.82) is 0 Å². The second kappa shape index (κ2) is 3.87. The molecule has 92 valence electrons. The first-order chi connectivity index (χ1) is 7.99. The molecule has 17 heavy (non-hydrogen) atoms. The summed E-state index contributed by atoms with van der Waals surface area (Å²) in [6.45, 7) is 2.08. The van der Waals surface area contributed by atoms with E-state index in [1.807, 2.05) is 0 Å². The van der Waals surface area contributed by atoms with Gasteiger partial charge in [-0.2, -0.15) is 0 Å². The lowest BCUT2D eigenvalue weighted by Gasteiger charge is -2.31. The second-order valence-electron chi connectivity index (χ2n) is 4.20. The highest BCUT2D eigenvalue weighted by atomic mass is 16.4. The van der Waals surface area contributed by atoms with Crippen LogP contribution in [0.2, 0.25) is 0 Å². The van der Waals surface area contributed by atoms with Crippen molar-refractivity contribution in [1.82, 2.24) is 4.90 Å². The molecule has 6 heteroatoms. The van der Waals surface area contributed by atoms with Crippen molar-refractivity contribution in [3.63, 3.8) is 0 Å². The molecule has 1 amide bonds. The number of carbonyl (C=O) groups excluding carboxylic acids is 3. The standard InChI is InChI=1S/C11H13NO5/c1-2-12-6-4-3-5(10(14)15)7(9(12)13)8(6)11(16)17/h3,6-8H,2,4H2,1H3,(H,14,15)(H,16,17)/p-2/t6-,7+,8+/m0/s1. The summed E-state index contributed by atoms with van der Waals surface area (Å²) in [6, 6.07) is -0.495. The van der Waals surface area contributed by atoms with Gasteiger partial charge < -0.3 is 24.7 Å². The van der Waals surface area contributed by atoms with E-state index < -0.39 is 35.7 Å². The molecule has 2 rings (SSSR count). The van der Waals surface area contributed by atoms with E-state index in [2.05, 4.69) is 0 Å². The Morgan fingerprint density at radius 3 is 2.59 bits per heavy atom. The van der Waals surface area contributed by atoms with E-state index in [1.165, 1.54) is 11.0 Å². The molecule has 0 aromatic heterocycles. The maximum atomic E-state index is 12.0. The van der Waals surface area contributed by atoms with E-state index in [4.69, 9.17) is 0 Å². The Hall–Kier alpha value is -1.85. The molecule has 1 aliphatic carbocycles. The zero-order chi connectivity index (χ0) is 12.7. The van der Waals surface area contributed by atoms with Crippen molar-refractivity contribution in [2.24, 2.45) is 11.8 Å². The normalized spacial score (nSPS) is 31.4. The van der Waals surface area contributed by atoms with Crippen LogP contribution in [0.15, 0.2) is 11.6 Å². The first-order valence-electron chi connectivity index (χ1n) is 5.41. The lowest BCUT2D eigenvalue weighted by molar-refractivity contribution is -0.313. The molecule has 0 saturated carbocycles. The average Bonchev–Trinajstić information content (AvgIpc) is 2.45. The minimum Gasteiger partial charge on any atom is -0.550 e. The molecule has 1 heterocycles. The Labute approximate surface area is 97.5 Å². The molecule has 1 fully saturated rings. The summed E-state index contributed by atoms with van der Waals surface area (Å²) in [5.41, 5.74) is -0.226. The van der Waals surface area contributed by atoms with Gasteiger partial charge in [-0.1, -0.05) is 6.08 Å². The molecule has 2 aliphatic rings. The molecule has 6 nitrogen and oxygen atoms in total. The van der Waals surface area contributed by atoms with Gasteiger partial charge in [-0.05, 0) is 18.9 Å². The fraction of sp³-hybridized carbons (Fsp3) is 0.545. The maximum Gasteiger partial charge on any atom is 0.231 e. The quantitative estimate of drug-likeness (QED) is 0.530. The summed E-state index contributed by atoms with van der Waals surface area (Å²) in [6.07, 6.45) is 1.61. The van der Waals surface area contributed by atoms with Crippen LogP contribution in [0.3, 0.4) is 0 Å². The lowest BCUT2D eigenvalue weighted by atomic mass is 9.79. The Bertz CT molecular complexity index is 428. The number of nitrogens with zero attached hydrogens (tertiary/aromatic N) is 1. The highest BCUT2D eigenvalue weighted by Crippen LogP contribution is 2.41. The largest absolute Gasteiger partial charge is 0.550 e. The maximum absolute atomic E-state index is 12.0. The van der Waals surface area contributed by atoms with Crippen LogP contribution in [-0.4, -0.2) is 35.3 Å². The van der Waals surface area contributed by atoms with Gasteiger partial charge in [0.1, 0.15) is 0 Å². The van der Waals surface area contributed by atoms with Gasteiger partial charge in [0.05, 0.1) is 11.9 Å². The molecule has 2 bridgehead atoms. The summed E-state index contributed by atoms with van der Waals surface area (Å²) in [5, 5.41) is 21.9. The molecule has 3 atom stereocenters. The number of carboxylic acids is 2. The van der Waals surface area contributed by atoms with Crippen LogP contribution in [0, 0.1) is 11.8 Å². The molecule has 0 N–H and O–H groups in total. The van der Waals surface area contributed by atoms with Gasteiger partial charge in [0.2, 0.25) is 5.91 Å². The van der Waals surface area contributed by atoms with Crippen molar-refractivity contribution >= 4 is 17.8 Å². The SMILES string of the molecule is CCN1C(=O)[C@@H]2C(C(=O)[O-])=CC[C@H]1[C@H]2C(=O)[O-]. The van der Waals surface area contributed by atoms with Crippen LogP contribution in [0.25, 0.3) is 0 Å². The second-order valence-corrected chi connectivity index (χ2v) is 4.20. The summed E-state index contributed by atoms with van der Waals surface area (Å²) in [4.78, 5) is 35.3. The zero-order valence-electron chi connectivity index (χ0n) is 9.21. The molecule has 0 spiro atoms. The number of hydrogen-bond acceptors (Lipinski definition) is 5. The van der Waals surface area contributed by atoms with Crippen LogP contribution in [0.1, 0.15) is 13.3 Å². The molecule has 0 aromatic carbocycles. The number of fused-ring (bicyclic) bond motifs is 2. The van der Waals surface area contributed by atoms with E-state index in [0.29, 0.717) is 6.54 Å². The molecular weight excluding hydrogens is 226 g/mol. The Kier molecular flexibility index (Phi) is 2.65. The monoisotopic (exact) mass is 237 g/mol. The first-order valence-corrected chi connectivity index (χ1v) is 5.41. The third kappa shape index (κ3) is 1.51. The number of carboxylic acid groups (broad SMARTS) is 2. The lowest BCUT2D eigenvalue weighted by Crippen LogP contribution is -2.45. The van der Waals surface area contributed by atoms with Gasteiger partial charge >= 0.3 is 0 Å². The third-order valence-electron chi connectivity index (χ3n) is 3.49. The summed E-state index contributed by atoms with van der Waals surface area (Å²) < 4.78 is 0. The topological polar surface area (TPSA) is 101 Å². The van der Waals surface area contributed by atoms with Gasteiger partial charge in [-0.3, -0.25) is 4.79 Å². The number of amides is 1. The van der Waals surface area contributed by atoms with Crippen LogP contribution < -0.4 is 10.2 Å². The molecule has 0 aromatic rings. The van der Waals surface area contributed by atoms with Crippen molar-refractivity contribution in [3.8, 4) is 0 Å². The molecule has 0 unspecified atom stereocenters. The molecule has 1 saturated heterocycles. The van der Waals surface area contributed by atoms with Gasteiger partial charge in [-0.25, -0.2) is 0 Å². The Balaban J connectivity index is 2.46. The zero-order valence-corrected chi connectivity index (χ0v) is 9.21. The van der Waals surface area contributed by atoms with Crippen LogP contribution >= 0.6 is 0 Å².